The highest BCUT2D eigenvalue weighted by molar-refractivity contribution is 6.00. The lowest BCUT2D eigenvalue weighted by atomic mass is 9.98. The monoisotopic (exact) mass is 329 g/mol. The van der Waals surface area contributed by atoms with E-state index in [0.29, 0.717) is 13.1 Å². The number of carbonyl (C=O) groups is 1. The smallest absolute Gasteiger partial charge is 0.270 e. The number of nitrogens with zero attached hydrogens (tertiary/aromatic N) is 2. The molecular formula is C17H16FN3O3. The lowest BCUT2D eigenvalue weighted by Gasteiger charge is -2.17. The largest absolute Gasteiger partial charge is 0.398 e. The van der Waals surface area contributed by atoms with Gasteiger partial charge in [0.05, 0.1) is 10.5 Å². The molecule has 1 saturated heterocycles. The molecule has 0 aromatic heterocycles. The number of non-ortho nitro benzene ring substituents is 1. The molecule has 6 nitrogen and oxygen atoms in total. The van der Waals surface area contributed by atoms with Crippen LogP contribution in [0.3, 0.4) is 0 Å². The van der Waals surface area contributed by atoms with Crippen molar-refractivity contribution in [2.24, 2.45) is 0 Å². The predicted octanol–water partition coefficient (Wildman–Crippen LogP) is 2.95. The fourth-order valence-corrected chi connectivity index (χ4v) is 2.97. The first kappa shape index (κ1) is 15.9. The van der Waals surface area contributed by atoms with Crippen molar-refractivity contribution in [1.29, 1.82) is 0 Å². The van der Waals surface area contributed by atoms with E-state index in [1.54, 1.807) is 17.0 Å². The Balaban J connectivity index is 1.78. The summed E-state index contributed by atoms with van der Waals surface area (Å²) in [5, 5.41) is 10.9. The molecule has 1 atom stereocenters. The second-order valence-electron chi connectivity index (χ2n) is 5.82. The number of rotatable bonds is 3. The summed E-state index contributed by atoms with van der Waals surface area (Å²) in [7, 11) is 0. The van der Waals surface area contributed by atoms with E-state index in [0.717, 1.165) is 12.0 Å². The number of nitro groups is 1. The number of nitro benzene ring substituents is 1. The number of hydrogen-bond acceptors (Lipinski definition) is 4. The van der Waals surface area contributed by atoms with Crippen LogP contribution in [0, 0.1) is 15.9 Å². The summed E-state index contributed by atoms with van der Waals surface area (Å²) >= 11 is 0. The minimum atomic E-state index is -0.554. The van der Waals surface area contributed by atoms with Crippen LogP contribution < -0.4 is 5.73 Å². The molecule has 1 aliphatic rings. The van der Waals surface area contributed by atoms with Gasteiger partial charge in [-0.1, -0.05) is 12.1 Å². The van der Waals surface area contributed by atoms with Crippen LogP contribution in [0.15, 0.2) is 42.5 Å². The second kappa shape index (κ2) is 6.27. The molecule has 2 aromatic rings. The van der Waals surface area contributed by atoms with Crippen LogP contribution in [0.5, 0.6) is 0 Å². The van der Waals surface area contributed by atoms with E-state index < -0.39 is 4.92 Å². The van der Waals surface area contributed by atoms with Crippen molar-refractivity contribution in [3.63, 3.8) is 0 Å². The number of nitrogen functional groups attached to an aromatic ring is 1. The van der Waals surface area contributed by atoms with Gasteiger partial charge in [-0.3, -0.25) is 14.9 Å². The van der Waals surface area contributed by atoms with Crippen molar-refractivity contribution in [3.8, 4) is 0 Å². The summed E-state index contributed by atoms with van der Waals surface area (Å²) in [4.78, 5) is 24.6. The number of carbonyl (C=O) groups excluding carboxylic acids is 1. The van der Waals surface area contributed by atoms with E-state index in [1.807, 2.05) is 0 Å². The quantitative estimate of drug-likeness (QED) is 0.532. The van der Waals surface area contributed by atoms with Crippen molar-refractivity contribution >= 4 is 17.3 Å². The van der Waals surface area contributed by atoms with Crippen molar-refractivity contribution < 1.29 is 14.1 Å². The Kier molecular flexibility index (Phi) is 4.16. The summed E-state index contributed by atoms with van der Waals surface area (Å²) < 4.78 is 13.0. The first-order valence-corrected chi connectivity index (χ1v) is 7.54. The van der Waals surface area contributed by atoms with Gasteiger partial charge in [0.15, 0.2) is 0 Å². The van der Waals surface area contributed by atoms with Gasteiger partial charge in [-0.05, 0) is 30.2 Å². The number of nitrogens with two attached hydrogens (primary N) is 1. The Labute approximate surface area is 137 Å². The Morgan fingerprint density at radius 1 is 1.25 bits per heavy atom. The highest BCUT2D eigenvalue weighted by Crippen LogP contribution is 2.30. The molecule has 1 amide bonds. The summed E-state index contributed by atoms with van der Waals surface area (Å²) in [6.45, 7) is 1.01. The van der Waals surface area contributed by atoms with Crippen LogP contribution in [-0.4, -0.2) is 28.8 Å². The van der Waals surface area contributed by atoms with Gasteiger partial charge in [-0.2, -0.15) is 0 Å². The van der Waals surface area contributed by atoms with E-state index in [1.165, 1.54) is 30.3 Å². The fraction of sp³-hybridized carbons (Fsp3) is 0.235. The standard InChI is InChI=1S/C17H16FN3O3/c18-13-3-1-11(2-4-13)12-7-8-20(10-12)17(22)15-9-14(21(23)24)5-6-16(15)19/h1-6,9,12H,7-8,10,19H2. The minimum absolute atomic E-state index is 0.120. The van der Waals surface area contributed by atoms with E-state index >= 15 is 0 Å². The summed E-state index contributed by atoms with van der Waals surface area (Å²) in [5.41, 5.74) is 6.98. The molecule has 1 aliphatic heterocycles. The molecule has 1 heterocycles. The fourth-order valence-electron chi connectivity index (χ4n) is 2.97. The molecule has 1 unspecified atom stereocenters. The van der Waals surface area contributed by atoms with Crippen LogP contribution in [0.2, 0.25) is 0 Å². The van der Waals surface area contributed by atoms with Gasteiger partial charge in [0.2, 0.25) is 0 Å². The number of amides is 1. The molecule has 0 saturated carbocycles. The van der Waals surface area contributed by atoms with Crippen LogP contribution in [0.1, 0.15) is 28.3 Å². The average Bonchev–Trinajstić information content (AvgIpc) is 3.05. The molecule has 7 heteroatoms. The maximum absolute atomic E-state index is 13.0. The van der Waals surface area contributed by atoms with Crippen LogP contribution in [0.25, 0.3) is 0 Å². The van der Waals surface area contributed by atoms with Gasteiger partial charge in [0.25, 0.3) is 11.6 Å². The number of anilines is 1. The van der Waals surface area contributed by atoms with Crippen molar-refractivity contribution in [1.82, 2.24) is 4.90 Å². The first-order valence-electron chi connectivity index (χ1n) is 7.54. The summed E-state index contributed by atoms with van der Waals surface area (Å²) in [6, 6.07) is 10.1. The van der Waals surface area contributed by atoms with Gasteiger partial charge in [-0.15, -0.1) is 0 Å². The van der Waals surface area contributed by atoms with E-state index in [9.17, 15) is 19.3 Å². The maximum Gasteiger partial charge on any atom is 0.270 e. The third kappa shape index (κ3) is 3.05. The Hall–Kier alpha value is -2.96. The molecule has 1 fully saturated rings. The van der Waals surface area contributed by atoms with Crippen LogP contribution in [-0.2, 0) is 0 Å². The summed E-state index contributed by atoms with van der Waals surface area (Å²) in [5.74, 6) is -0.496. The molecule has 0 spiro atoms. The number of likely N-dealkylation sites (tertiary alicyclic amines) is 1. The third-order valence-corrected chi connectivity index (χ3v) is 4.29. The molecule has 3 rings (SSSR count). The molecule has 0 bridgehead atoms. The highest BCUT2D eigenvalue weighted by Gasteiger charge is 2.29. The molecule has 0 aliphatic carbocycles. The van der Waals surface area contributed by atoms with Gasteiger partial charge in [0.1, 0.15) is 5.82 Å². The van der Waals surface area contributed by atoms with Gasteiger partial charge >= 0.3 is 0 Å². The molecule has 2 aromatic carbocycles. The van der Waals surface area contributed by atoms with Gasteiger partial charge in [0, 0.05) is 36.8 Å². The maximum atomic E-state index is 13.0. The van der Waals surface area contributed by atoms with Crippen LogP contribution >= 0.6 is 0 Å². The van der Waals surface area contributed by atoms with Gasteiger partial charge < -0.3 is 10.6 Å². The third-order valence-electron chi connectivity index (χ3n) is 4.29. The molecule has 2 N–H and O–H groups in total. The number of benzene rings is 2. The lowest BCUT2D eigenvalue weighted by Crippen LogP contribution is -2.29. The normalized spacial score (nSPS) is 17.0. The van der Waals surface area contributed by atoms with Crippen molar-refractivity contribution in [2.75, 3.05) is 18.8 Å². The number of hydrogen-bond donors (Lipinski definition) is 1. The Bertz CT molecular complexity index is 792. The molecule has 0 radical (unpaired) electrons. The first-order chi connectivity index (χ1) is 11.5. The minimum Gasteiger partial charge on any atom is -0.398 e. The van der Waals surface area contributed by atoms with E-state index in [2.05, 4.69) is 0 Å². The second-order valence-corrected chi connectivity index (χ2v) is 5.82. The predicted molar refractivity (Wildman–Crippen MR) is 87.2 cm³/mol. The van der Waals surface area contributed by atoms with Crippen LogP contribution in [0.4, 0.5) is 15.8 Å². The number of halogens is 1. The Morgan fingerprint density at radius 2 is 1.96 bits per heavy atom. The molecule has 124 valence electrons. The average molecular weight is 329 g/mol. The topological polar surface area (TPSA) is 89.5 Å². The summed E-state index contributed by atoms with van der Waals surface area (Å²) in [6.07, 6.45) is 0.756. The molecule has 24 heavy (non-hydrogen) atoms. The van der Waals surface area contributed by atoms with E-state index in [4.69, 9.17) is 5.73 Å². The van der Waals surface area contributed by atoms with E-state index in [-0.39, 0.29) is 34.6 Å². The Morgan fingerprint density at radius 3 is 2.62 bits per heavy atom. The highest BCUT2D eigenvalue weighted by atomic mass is 19.1. The zero-order chi connectivity index (χ0) is 17.3. The zero-order valence-electron chi connectivity index (χ0n) is 12.8. The van der Waals surface area contributed by atoms with Crippen molar-refractivity contribution in [3.05, 3.63) is 69.5 Å². The van der Waals surface area contributed by atoms with Crippen molar-refractivity contribution in [2.45, 2.75) is 12.3 Å². The zero-order valence-corrected chi connectivity index (χ0v) is 12.8. The van der Waals surface area contributed by atoms with Gasteiger partial charge in [-0.25, -0.2) is 4.39 Å². The SMILES string of the molecule is Nc1ccc([N+](=O)[O-])cc1C(=O)N1CCC(c2ccc(F)cc2)C1. The lowest BCUT2D eigenvalue weighted by molar-refractivity contribution is -0.384. The molecular weight excluding hydrogens is 313 g/mol.